The molecule has 0 atom stereocenters. The number of aliphatic imine (C=N–C) groups is 1. The summed E-state index contributed by atoms with van der Waals surface area (Å²) in [5, 5.41) is 1.09. The van der Waals surface area contributed by atoms with Crippen molar-refractivity contribution in [1.82, 2.24) is 0 Å². The summed E-state index contributed by atoms with van der Waals surface area (Å²) in [7, 11) is 0. The Labute approximate surface area is 213 Å². The lowest BCUT2D eigenvalue weighted by molar-refractivity contribution is -0.113. The van der Waals surface area contributed by atoms with E-state index in [1.807, 2.05) is 115 Å². The Morgan fingerprint density at radius 3 is 2.20 bits per heavy atom. The Morgan fingerprint density at radius 2 is 1.51 bits per heavy atom. The van der Waals surface area contributed by atoms with Crippen molar-refractivity contribution in [3.63, 3.8) is 0 Å². The number of hydrogen-bond acceptors (Lipinski definition) is 4. The zero-order chi connectivity index (χ0) is 24.0. The zero-order valence-corrected chi connectivity index (χ0v) is 20.2. The lowest BCUT2D eigenvalue weighted by atomic mass is 10.2. The maximum atomic E-state index is 13.4. The molecule has 35 heavy (non-hydrogen) atoms. The third kappa shape index (κ3) is 5.48. The van der Waals surface area contributed by atoms with Crippen molar-refractivity contribution in [3.05, 3.63) is 130 Å². The molecule has 0 aliphatic carbocycles. The molecule has 0 saturated carbocycles. The van der Waals surface area contributed by atoms with Crippen LogP contribution in [0.2, 0.25) is 5.02 Å². The van der Waals surface area contributed by atoms with Gasteiger partial charge in [0.05, 0.1) is 21.3 Å². The number of amides is 1. The van der Waals surface area contributed by atoms with Crippen LogP contribution in [-0.2, 0) is 11.4 Å². The Kier molecular flexibility index (Phi) is 6.98. The summed E-state index contributed by atoms with van der Waals surface area (Å²) in [5.74, 6) is 0.469. The summed E-state index contributed by atoms with van der Waals surface area (Å²) in [5.41, 5.74) is 3.43. The maximum absolute atomic E-state index is 13.4. The number of carbonyl (C=O) groups excluding carboxylic acids is 1. The Morgan fingerprint density at radius 1 is 0.857 bits per heavy atom. The zero-order valence-electron chi connectivity index (χ0n) is 18.7. The number of thioether (sulfide) groups is 1. The fraction of sp³-hybridized carbons (Fsp3) is 0.0345. The van der Waals surface area contributed by atoms with Gasteiger partial charge in [-0.15, -0.1) is 0 Å². The average molecular weight is 497 g/mol. The molecule has 0 aromatic heterocycles. The van der Waals surface area contributed by atoms with Crippen molar-refractivity contribution in [3.8, 4) is 5.75 Å². The summed E-state index contributed by atoms with van der Waals surface area (Å²) in [6.45, 7) is 0.431. The summed E-state index contributed by atoms with van der Waals surface area (Å²) >= 11 is 7.84. The molecule has 4 aromatic rings. The van der Waals surface area contributed by atoms with Gasteiger partial charge < -0.3 is 4.74 Å². The molecule has 1 aliphatic rings. The second kappa shape index (κ2) is 10.6. The highest BCUT2D eigenvalue weighted by Gasteiger charge is 2.34. The van der Waals surface area contributed by atoms with Crippen molar-refractivity contribution >= 4 is 51.9 Å². The first-order valence-corrected chi connectivity index (χ1v) is 12.3. The van der Waals surface area contributed by atoms with Crippen LogP contribution in [0.25, 0.3) is 6.08 Å². The summed E-state index contributed by atoms with van der Waals surface area (Å²) in [4.78, 5) is 20.4. The molecule has 5 rings (SSSR count). The van der Waals surface area contributed by atoms with E-state index < -0.39 is 0 Å². The normalized spacial score (nSPS) is 15.7. The van der Waals surface area contributed by atoms with E-state index in [9.17, 15) is 4.79 Å². The molecule has 1 heterocycles. The predicted octanol–water partition coefficient (Wildman–Crippen LogP) is 7.73. The Hall–Kier alpha value is -3.80. The largest absolute Gasteiger partial charge is 0.487 e. The van der Waals surface area contributed by atoms with E-state index in [0.717, 1.165) is 22.5 Å². The number of hydrogen-bond donors (Lipinski definition) is 0. The summed E-state index contributed by atoms with van der Waals surface area (Å²) < 4.78 is 5.88. The number of rotatable bonds is 6. The first-order valence-electron chi connectivity index (χ1n) is 11.1. The molecule has 172 valence electrons. The molecule has 0 radical (unpaired) electrons. The predicted molar refractivity (Wildman–Crippen MR) is 145 cm³/mol. The van der Waals surface area contributed by atoms with Gasteiger partial charge in [0.25, 0.3) is 5.91 Å². The Bertz CT molecular complexity index is 1390. The number of benzene rings is 4. The van der Waals surface area contributed by atoms with E-state index in [0.29, 0.717) is 27.5 Å². The minimum absolute atomic E-state index is 0.128. The van der Waals surface area contributed by atoms with Crippen molar-refractivity contribution in [2.24, 2.45) is 4.99 Å². The van der Waals surface area contributed by atoms with Crippen molar-refractivity contribution in [2.45, 2.75) is 6.61 Å². The van der Waals surface area contributed by atoms with E-state index in [-0.39, 0.29) is 5.91 Å². The number of halogens is 1. The SMILES string of the molecule is O=C1/C(=C\c2ccc(OCc3ccccc3)c(Cl)c2)SC(=Nc2ccccc2)N1c1ccccc1. The van der Waals surface area contributed by atoms with Crippen molar-refractivity contribution < 1.29 is 9.53 Å². The van der Waals surface area contributed by atoms with Crippen molar-refractivity contribution in [1.29, 1.82) is 0 Å². The maximum Gasteiger partial charge on any atom is 0.271 e. The first-order chi connectivity index (χ1) is 17.2. The van der Waals surface area contributed by atoms with Crippen LogP contribution in [0, 0.1) is 0 Å². The van der Waals surface area contributed by atoms with Gasteiger partial charge in [0, 0.05) is 0 Å². The minimum atomic E-state index is -0.128. The molecule has 4 nitrogen and oxygen atoms in total. The van der Waals surface area contributed by atoms with Gasteiger partial charge in [-0.1, -0.05) is 84.4 Å². The van der Waals surface area contributed by atoms with Gasteiger partial charge in [-0.05, 0) is 65.4 Å². The fourth-order valence-electron chi connectivity index (χ4n) is 3.58. The van der Waals surface area contributed by atoms with Gasteiger partial charge in [0.2, 0.25) is 0 Å². The van der Waals surface area contributed by atoms with Gasteiger partial charge in [0.15, 0.2) is 5.17 Å². The van der Waals surface area contributed by atoms with Crippen LogP contribution in [0.3, 0.4) is 0 Å². The number of carbonyl (C=O) groups is 1. The van der Waals surface area contributed by atoms with Gasteiger partial charge in [-0.25, -0.2) is 4.99 Å². The van der Waals surface area contributed by atoms with Crippen LogP contribution in [0.15, 0.2) is 119 Å². The number of nitrogens with zero attached hydrogens (tertiary/aromatic N) is 2. The lowest BCUT2D eigenvalue weighted by Crippen LogP contribution is -2.28. The minimum Gasteiger partial charge on any atom is -0.487 e. The second-order valence-corrected chi connectivity index (χ2v) is 9.20. The van der Waals surface area contributed by atoms with Crippen molar-refractivity contribution in [2.75, 3.05) is 4.90 Å². The summed E-state index contributed by atoms with van der Waals surface area (Å²) in [6.07, 6.45) is 1.84. The first kappa shape index (κ1) is 23.0. The number of anilines is 1. The van der Waals surface area contributed by atoms with Gasteiger partial charge in [-0.3, -0.25) is 9.69 Å². The summed E-state index contributed by atoms with van der Waals surface area (Å²) in [6, 6.07) is 34.6. The topological polar surface area (TPSA) is 41.9 Å². The fourth-order valence-corrected chi connectivity index (χ4v) is 4.82. The van der Waals surface area contributed by atoms with Crippen LogP contribution < -0.4 is 9.64 Å². The molecular formula is C29H21ClN2O2S. The highest BCUT2D eigenvalue weighted by atomic mass is 35.5. The molecule has 1 amide bonds. The van der Waals surface area contributed by atoms with Gasteiger partial charge in [0.1, 0.15) is 12.4 Å². The van der Waals surface area contributed by atoms with Crippen LogP contribution in [0.4, 0.5) is 11.4 Å². The number of ether oxygens (including phenoxy) is 1. The van der Waals surface area contributed by atoms with Crippen LogP contribution >= 0.6 is 23.4 Å². The molecule has 0 spiro atoms. The van der Waals surface area contributed by atoms with Gasteiger partial charge in [-0.2, -0.15) is 0 Å². The molecule has 0 N–H and O–H groups in total. The van der Waals surface area contributed by atoms with E-state index in [2.05, 4.69) is 0 Å². The van der Waals surface area contributed by atoms with E-state index in [4.69, 9.17) is 21.3 Å². The lowest BCUT2D eigenvalue weighted by Gasteiger charge is -2.15. The van der Waals surface area contributed by atoms with Crippen LogP contribution in [0.1, 0.15) is 11.1 Å². The third-order valence-electron chi connectivity index (χ3n) is 5.29. The Balaban J connectivity index is 1.41. The van der Waals surface area contributed by atoms with Crippen LogP contribution in [-0.4, -0.2) is 11.1 Å². The third-order valence-corrected chi connectivity index (χ3v) is 6.56. The molecule has 1 aliphatic heterocycles. The molecule has 1 fully saturated rings. The molecule has 6 heteroatoms. The standard InChI is InChI=1S/C29H21ClN2O2S/c30-25-18-22(16-17-26(25)34-20-21-10-4-1-5-11-21)19-27-28(33)32(24-14-8-3-9-15-24)29(35-27)31-23-12-6-2-7-13-23/h1-19H,20H2/b27-19+,31-29?. The second-order valence-electron chi connectivity index (χ2n) is 7.78. The highest BCUT2D eigenvalue weighted by Crippen LogP contribution is 2.38. The van der Waals surface area contributed by atoms with Crippen LogP contribution in [0.5, 0.6) is 5.75 Å². The van der Waals surface area contributed by atoms with E-state index >= 15 is 0 Å². The molecule has 0 unspecified atom stereocenters. The highest BCUT2D eigenvalue weighted by molar-refractivity contribution is 8.19. The molecular weight excluding hydrogens is 476 g/mol. The number of amidine groups is 1. The van der Waals surface area contributed by atoms with Gasteiger partial charge >= 0.3 is 0 Å². The quantitative estimate of drug-likeness (QED) is 0.256. The number of para-hydroxylation sites is 2. The molecule has 1 saturated heterocycles. The average Bonchev–Trinajstić information content (AvgIpc) is 3.19. The molecule has 4 aromatic carbocycles. The molecule has 0 bridgehead atoms. The van der Waals surface area contributed by atoms with E-state index in [1.165, 1.54) is 11.8 Å². The monoisotopic (exact) mass is 496 g/mol. The van der Waals surface area contributed by atoms with E-state index in [1.54, 1.807) is 4.90 Å². The smallest absolute Gasteiger partial charge is 0.271 e.